The Morgan fingerprint density at radius 2 is 2.05 bits per heavy atom. The van der Waals surface area contributed by atoms with Crippen LogP contribution >= 0.6 is 27.3 Å². The van der Waals surface area contributed by atoms with Gasteiger partial charge in [-0.15, -0.1) is 0 Å². The van der Waals surface area contributed by atoms with Crippen LogP contribution < -0.4 is 5.32 Å². The van der Waals surface area contributed by atoms with Gasteiger partial charge in [-0.25, -0.2) is 4.98 Å². The number of hydrogen-bond acceptors (Lipinski definition) is 5. The van der Waals surface area contributed by atoms with Crippen LogP contribution in [0, 0.1) is 10.1 Å². The van der Waals surface area contributed by atoms with Gasteiger partial charge in [0.25, 0.3) is 11.6 Å². The summed E-state index contributed by atoms with van der Waals surface area (Å²) in [5, 5.41) is 13.9. The topological polar surface area (TPSA) is 85.1 Å². The van der Waals surface area contributed by atoms with Gasteiger partial charge in [0.1, 0.15) is 0 Å². The van der Waals surface area contributed by atoms with Crippen molar-refractivity contribution in [1.29, 1.82) is 0 Å². The molecule has 3 rings (SSSR count). The van der Waals surface area contributed by atoms with Crippen LogP contribution in [0.4, 0.5) is 10.8 Å². The van der Waals surface area contributed by atoms with Crippen LogP contribution in [-0.2, 0) is 0 Å². The van der Waals surface area contributed by atoms with E-state index in [1.54, 1.807) is 0 Å². The van der Waals surface area contributed by atoms with E-state index in [-0.39, 0.29) is 11.3 Å². The maximum absolute atomic E-state index is 12.2. The average molecular weight is 378 g/mol. The molecule has 1 N–H and O–H groups in total. The minimum Gasteiger partial charge on any atom is -0.298 e. The average Bonchev–Trinajstić information content (AvgIpc) is 2.91. The van der Waals surface area contributed by atoms with E-state index < -0.39 is 10.8 Å². The number of nitrogens with zero attached hydrogens (tertiary/aromatic N) is 2. The van der Waals surface area contributed by atoms with Gasteiger partial charge >= 0.3 is 0 Å². The summed E-state index contributed by atoms with van der Waals surface area (Å²) in [7, 11) is 0. The fraction of sp³-hybridized carbons (Fsp3) is 0. The van der Waals surface area contributed by atoms with Crippen molar-refractivity contribution in [3.8, 4) is 0 Å². The second-order valence-corrected chi connectivity index (χ2v) is 6.25. The molecule has 22 heavy (non-hydrogen) atoms. The highest BCUT2D eigenvalue weighted by Gasteiger charge is 2.14. The molecule has 110 valence electrons. The van der Waals surface area contributed by atoms with E-state index in [0.29, 0.717) is 5.13 Å². The van der Waals surface area contributed by atoms with E-state index in [9.17, 15) is 14.9 Å². The van der Waals surface area contributed by atoms with Gasteiger partial charge in [0.15, 0.2) is 5.13 Å². The monoisotopic (exact) mass is 377 g/mol. The van der Waals surface area contributed by atoms with Gasteiger partial charge in [0, 0.05) is 22.2 Å². The van der Waals surface area contributed by atoms with Gasteiger partial charge in [-0.1, -0.05) is 23.5 Å². The molecule has 0 saturated carbocycles. The molecule has 1 amide bonds. The van der Waals surface area contributed by atoms with Crippen molar-refractivity contribution in [3.05, 3.63) is 62.6 Å². The molecule has 1 heterocycles. The Morgan fingerprint density at radius 3 is 2.77 bits per heavy atom. The Morgan fingerprint density at radius 1 is 1.27 bits per heavy atom. The normalized spacial score (nSPS) is 10.6. The van der Waals surface area contributed by atoms with Gasteiger partial charge in [-0.2, -0.15) is 0 Å². The molecule has 0 atom stereocenters. The predicted octanol–water partition coefficient (Wildman–Crippen LogP) is 4.22. The van der Waals surface area contributed by atoms with E-state index >= 15 is 0 Å². The van der Waals surface area contributed by atoms with Crippen molar-refractivity contribution in [2.75, 3.05) is 5.32 Å². The van der Waals surface area contributed by atoms with Gasteiger partial charge in [-0.05, 0) is 34.1 Å². The Bertz CT molecular complexity index is 894. The summed E-state index contributed by atoms with van der Waals surface area (Å²) < 4.78 is 1.78. The number of aromatic nitrogens is 1. The van der Waals surface area contributed by atoms with Crippen molar-refractivity contribution in [2.24, 2.45) is 0 Å². The standard InChI is InChI=1S/C14H8BrN3O3S/c15-10-5-2-6-11-12(10)16-14(22-11)17-13(19)8-3-1-4-9(7-8)18(20)21/h1-7H,(H,16,17,19). The third-order valence-electron chi connectivity index (χ3n) is 2.91. The zero-order valence-corrected chi connectivity index (χ0v) is 13.3. The number of halogens is 1. The number of nitro benzene ring substituents is 1. The molecule has 0 aliphatic rings. The summed E-state index contributed by atoms with van der Waals surface area (Å²) >= 11 is 4.74. The maximum atomic E-state index is 12.2. The Kier molecular flexibility index (Phi) is 3.86. The minimum absolute atomic E-state index is 0.125. The lowest BCUT2D eigenvalue weighted by molar-refractivity contribution is -0.384. The van der Waals surface area contributed by atoms with Gasteiger partial charge < -0.3 is 0 Å². The smallest absolute Gasteiger partial charge is 0.270 e. The fourth-order valence-corrected chi connectivity index (χ4v) is 3.37. The zero-order chi connectivity index (χ0) is 15.7. The Balaban J connectivity index is 1.88. The van der Waals surface area contributed by atoms with E-state index in [1.165, 1.54) is 35.6 Å². The summed E-state index contributed by atoms with van der Waals surface area (Å²) in [6.45, 7) is 0. The number of nitrogens with one attached hydrogen (secondary N) is 1. The SMILES string of the molecule is O=C(Nc1nc2c(Br)cccc2s1)c1cccc([N+](=O)[O-])c1. The Labute approximate surface area is 137 Å². The maximum Gasteiger partial charge on any atom is 0.270 e. The molecule has 0 aliphatic heterocycles. The molecule has 0 radical (unpaired) electrons. The number of non-ortho nitro benzene ring substituents is 1. The van der Waals surface area contributed by atoms with Crippen molar-refractivity contribution in [2.45, 2.75) is 0 Å². The van der Waals surface area contributed by atoms with Crippen LogP contribution in [0.5, 0.6) is 0 Å². The molecule has 0 saturated heterocycles. The number of carbonyl (C=O) groups is 1. The van der Waals surface area contributed by atoms with Crippen molar-refractivity contribution < 1.29 is 9.72 Å². The lowest BCUT2D eigenvalue weighted by Crippen LogP contribution is -2.11. The number of rotatable bonds is 3. The number of nitro groups is 1. The van der Waals surface area contributed by atoms with Crippen molar-refractivity contribution in [3.63, 3.8) is 0 Å². The highest BCUT2D eigenvalue weighted by molar-refractivity contribution is 9.10. The van der Waals surface area contributed by atoms with Crippen LogP contribution in [0.1, 0.15) is 10.4 Å². The van der Waals surface area contributed by atoms with Gasteiger partial charge in [0.05, 0.1) is 15.1 Å². The van der Waals surface area contributed by atoms with E-state index in [0.717, 1.165) is 14.7 Å². The van der Waals surface area contributed by atoms with Crippen LogP contribution in [0.15, 0.2) is 46.9 Å². The largest absolute Gasteiger partial charge is 0.298 e. The van der Waals surface area contributed by atoms with Crippen molar-refractivity contribution in [1.82, 2.24) is 4.98 Å². The second-order valence-electron chi connectivity index (χ2n) is 4.37. The van der Waals surface area contributed by atoms with Gasteiger partial charge in [-0.3, -0.25) is 20.2 Å². The van der Waals surface area contributed by atoms with Crippen molar-refractivity contribution >= 4 is 54.2 Å². The summed E-state index contributed by atoms with van der Waals surface area (Å²) in [6.07, 6.45) is 0. The number of anilines is 1. The number of amides is 1. The summed E-state index contributed by atoms with van der Waals surface area (Å²) in [5.74, 6) is -0.432. The lowest BCUT2D eigenvalue weighted by atomic mass is 10.2. The van der Waals surface area contributed by atoms with Gasteiger partial charge in [0.2, 0.25) is 0 Å². The summed E-state index contributed by atoms with van der Waals surface area (Å²) in [4.78, 5) is 26.7. The zero-order valence-electron chi connectivity index (χ0n) is 10.9. The van der Waals surface area contributed by atoms with E-state index in [1.807, 2.05) is 18.2 Å². The van der Waals surface area contributed by atoms with Crippen LogP contribution in [0.25, 0.3) is 10.2 Å². The molecular weight excluding hydrogens is 370 g/mol. The first-order chi connectivity index (χ1) is 10.5. The molecule has 2 aromatic carbocycles. The number of carbonyl (C=O) groups excluding carboxylic acids is 1. The molecule has 0 fully saturated rings. The van der Waals surface area contributed by atoms with Crippen LogP contribution in [0.2, 0.25) is 0 Å². The first-order valence-corrected chi connectivity index (χ1v) is 7.76. The number of thiazole rings is 1. The minimum atomic E-state index is -0.536. The number of fused-ring (bicyclic) bond motifs is 1. The summed E-state index contributed by atoms with van der Waals surface area (Å²) in [5.41, 5.74) is 0.856. The molecule has 3 aromatic rings. The Hall–Kier alpha value is -2.32. The highest BCUT2D eigenvalue weighted by Crippen LogP contribution is 2.31. The van der Waals surface area contributed by atoms with Crippen LogP contribution in [-0.4, -0.2) is 15.8 Å². The molecule has 0 spiro atoms. The summed E-state index contributed by atoms with van der Waals surface area (Å²) in [6, 6.07) is 11.2. The number of benzene rings is 2. The molecule has 8 heteroatoms. The molecule has 0 bridgehead atoms. The highest BCUT2D eigenvalue weighted by atomic mass is 79.9. The fourth-order valence-electron chi connectivity index (χ4n) is 1.90. The van der Waals surface area contributed by atoms with Crippen LogP contribution in [0.3, 0.4) is 0 Å². The second kappa shape index (κ2) is 5.82. The quantitative estimate of drug-likeness (QED) is 0.546. The number of para-hydroxylation sites is 1. The molecule has 1 aromatic heterocycles. The van der Waals surface area contributed by atoms with E-state index in [2.05, 4.69) is 26.2 Å². The molecule has 0 unspecified atom stereocenters. The molecule has 0 aliphatic carbocycles. The number of hydrogen-bond donors (Lipinski definition) is 1. The third kappa shape index (κ3) is 2.83. The molecular formula is C14H8BrN3O3S. The first kappa shape index (κ1) is 14.6. The molecule has 6 nitrogen and oxygen atoms in total. The predicted molar refractivity (Wildman–Crippen MR) is 88.4 cm³/mol. The lowest BCUT2D eigenvalue weighted by Gasteiger charge is -2.01. The third-order valence-corrected chi connectivity index (χ3v) is 4.49. The first-order valence-electron chi connectivity index (χ1n) is 6.15. The van der Waals surface area contributed by atoms with E-state index in [4.69, 9.17) is 0 Å².